The van der Waals surface area contributed by atoms with E-state index in [2.05, 4.69) is 14.7 Å². The molecule has 0 atom stereocenters. The number of benzene rings is 1. The summed E-state index contributed by atoms with van der Waals surface area (Å²) in [5, 5.41) is 0. The molecule has 2 aromatic rings. The summed E-state index contributed by atoms with van der Waals surface area (Å²) in [6.45, 7) is 3.25. The number of rotatable bonds is 2. The smallest absolute Gasteiger partial charge is 0.376 e. The number of methoxy groups -OCH3 is 1. The molecular weight excluding hydrogens is 266 g/mol. The molecule has 0 aliphatic carbocycles. The van der Waals surface area contributed by atoms with Crippen LogP contribution < -0.4 is 0 Å². The van der Waals surface area contributed by atoms with Crippen molar-refractivity contribution in [2.45, 2.75) is 13.8 Å². The van der Waals surface area contributed by atoms with Crippen LogP contribution in [0, 0.1) is 25.5 Å². The van der Waals surface area contributed by atoms with Gasteiger partial charge in [-0.3, -0.25) is 0 Å². The SMILES string of the molecule is COC(=O)c1ncc(C)c(-c2c(C)cc(F)cc2F)n1. The summed E-state index contributed by atoms with van der Waals surface area (Å²) < 4.78 is 31.6. The van der Waals surface area contributed by atoms with Crippen molar-refractivity contribution >= 4 is 5.97 Å². The van der Waals surface area contributed by atoms with Crippen LogP contribution in [0.5, 0.6) is 0 Å². The number of carbonyl (C=O) groups excluding carboxylic acids is 1. The van der Waals surface area contributed by atoms with Gasteiger partial charge in [0.1, 0.15) is 11.6 Å². The van der Waals surface area contributed by atoms with E-state index < -0.39 is 17.6 Å². The third-order valence-electron chi connectivity index (χ3n) is 2.83. The molecule has 0 aliphatic heterocycles. The largest absolute Gasteiger partial charge is 0.463 e. The van der Waals surface area contributed by atoms with E-state index in [1.54, 1.807) is 13.8 Å². The number of nitrogens with zero attached hydrogens (tertiary/aromatic N) is 2. The van der Waals surface area contributed by atoms with Crippen molar-refractivity contribution in [2.24, 2.45) is 0 Å². The first kappa shape index (κ1) is 14.0. The van der Waals surface area contributed by atoms with E-state index in [0.29, 0.717) is 11.1 Å². The van der Waals surface area contributed by atoms with Crippen molar-refractivity contribution in [1.82, 2.24) is 9.97 Å². The second kappa shape index (κ2) is 5.32. The van der Waals surface area contributed by atoms with Crippen LogP contribution in [-0.4, -0.2) is 23.0 Å². The molecule has 0 spiro atoms. The van der Waals surface area contributed by atoms with Crippen molar-refractivity contribution in [3.05, 3.63) is 46.9 Å². The number of aromatic nitrogens is 2. The first-order chi connectivity index (χ1) is 9.43. The zero-order valence-electron chi connectivity index (χ0n) is 11.2. The molecule has 2 rings (SSSR count). The van der Waals surface area contributed by atoms with Crippen molar-refractivity contribution in [2.75, 3.05) is 7.11 Å². The van der Waals surface area contributed by atoms with Gasteiger partial charge in [-0.15, -0.1) is 0 Å². The van der Waals surface area contributed by atoms with Gasteiger partial charge in [0.15, 0.2) is 0 Å². The molecule has 0 aliphatic rings. The predicted molar refractivity (Wildman–Crippen MR) is 68.2 cm³/mol. The van der Waals surface area contributed by atoms with Crippen molar-refractivity contribution in [1.29, 1.82) is 0 Å². The Bertz CT molecular complexity index is 664. The lowest BCUT2D eigenvalue weighted by atomic mass is 10.0. The molecule has 0 fully saturated rings. The molecule has 1 aromatic heterocycles. The topological polar surface area (TPSA) is 52.1 Å². The van der Waals surface area contributed by atoms with Crippen LogP contribution in [0.2, 0.25) is 0 Å². The maximum atomic E-state index is 14.0. The molecule has 0 unspecified atom stereocenters. The fourth-order valence-corrected chi connectivity index (χ4v) is 1.89. The van der Waals surface area contributed by atoms with E-state index in [1.807, 2.05) is 0 Å². The van der Waals surface area contributed by atoms with Gasteiger partial charge in [-0.1, -0.05) is 0 Å². The van der Waals surface area contributed by atoms with Gasteiger partial charge in [-0.25, -0.2) is 23.5 Å². The zero-order chi connectivity index (χ0) is 14.9. The van der Waals surface area contributed by atoms with Crippen LogP contribution in [0.4, 0.5) is 8.78 Å². The first-order valence-electron chi connectivity index (χ1n) is 5.82. The standard InChI is InChI=1S/C14H12F2N2O2/c1-7-4-9(15)5-10(16)11(7)12-8(2)6-17-13(18-12)14(19)20-3/h4-6H,1-3H3. The number of aryl methyl sites for hydroxylation is 2. The Morgan fingerprint density at radius 2 is 1.90 bits per heavy atom. The molecule has 0 saturated heterocycles. The Morgan fingerprint density at radius 3 is 2.50 bits per heavy atom. The van der Waals surface area contributed by atoms with Gasteiger partial charge in [-0.05, 0) is 31.0 Å². The molecule has 0 radical (unpaired) electrons. The van der Waals surface area contributed by atoms with E-state index in [1.165, 1.54) is 19.4 Å². The molecule has 1 heterocycles. The fourth-order valence-electron chi connectivity index (χ4n) is 1.89. The summed E-state index contributed by atoms with van der Waals surface area (Å²) in [5.74, 6) is -2.29. The van der Waals surface area contributed by atoms with E-state index in [0.717, 1.165) is 6.07 Å². The van der Waals surface area contributed by atoms with Crippen LogP contribution in [0.25, 0.3) is 11.3 Å². The summed E-state index contributed by atoms with van der Waals surface area (Å²) >= 11 is 0. The second-order valence-electron chi connectivity index (χ2n) is 4.30. The Balaban J connectivity index is 2.66. The molecule has 0 bridgehead atoms. The van der Waals surface area contributed by atoms with Crippen LogP contribution in [0.3, 0.4) is 0 Å². The number of esters is 1. The molecule has 1 aromatic carbocycles. The number of ether oxygens (including phenoxy) is 1. The molecule has 104 valence electrons. The average molecular weight is 278 g/mol. The van der Waals surface area contributed by atoms with E-state index in [9.17, 15) is 13.6 Å². The first-order valence-corrected chi connectivity index (χ1v) is 5.82. The van der Waals surface area contributed by atoms with Gasteiger partial charge >= 0.3 is 5.97 Å². The molecule has 4 nitrogen and oxygen atoms in total. The monoisotopic (exact) mass is 278 g/mol. The van der Waals surface area contributed by atoms with Crippen LogP contribution in [0.15, 0.2) is 18.3 Å². The van der Waals surface area contributed by atoms with Gasteiger partial charge in [0, 0.05) is 17.8 Å². The summed E-state index contributed by atoms with van der Waals surface area (Å²) in [6.07, 6.45) is 1.40. The zero-order valence-corrected chi connectivity index (χ0v) is 11.2. The maximum absolute atomic E-state index is 14.0. The predicted octanol–water partition coefficient (Wildman–Crippen LogP) is 2.83. The maximum Gasteiger partial charge on any atom is 0.376 e. The third-order valence-corrected chi connectivity index (χ3v) is 2.83. The molecular formula is C14H12F2N2O2. The quantitative estimate of drug-likeness (QED) is 0.793. The summed E-state index contributed by atoms with van der Waals surface area (Å²) in [5.41, 5.74) is 1.36. The highest BCUT2D eigenvalue weighted by molar-refractivity contribution is 5.86. The Labute approximate surface area is 114 Å². The molecule has 6 heteroatoms. The normalized spacial score (nSPS) is 10.4. The highest BCUT2D eigenvalue weighted by atomic mass is 19.1. The van der Waals surface area contributed by atoms with Gasteiger partial charge < -0.3 is 4.74 Å². The minimum Gasteiger partial charge on any atom is -0.463 e. The van der Waals surface area contributed by atoms with Crippen LogP contribution in [-0.2, 0) is 4.74 Å². The van der Waals surface area contributed by atoms with Gasteiger partial charge in [0.25, 0.3) is 0 Å². The van der Waals surface area contributed by atoms with Crippen molar-refractivity contribution in [3.8, 4) is 11.3 Å². The lowest BCUT2D eigenvalue weighted by Gasteiger charge is -2.10. The lowest BCUT2D eigenvalue weighted by Crippen LogP contribution is -2.09. The summed E-state index contributed by atoms with van der Waals surface area (Å²) in [7, 11) is 1.20. The number of hydrogen-bond acceptors (Lipinski definition) is 4. The van der Waals surface area contributed by atoms with E-state index in [-0.39, 0.29) is 17.1 Å². The minimum absolute atomic E-state index is 0.149. The molecule has 0 N–H and O–H groups in total. The number of hydrogen-bond donors (Lipinski definition) is 0. The molecule has 0 saturated carbocycles. The Morgan fingerprint density at radius 1 is 1.20 bits per heavy atom. The minimum atomic E-state index is -0.736. The highest BCUT2D eigenvalue weighted by Crippen LogP contribution is 2.28. The highest BCUT2D eigenvalue weighted by Gasteiger charge is 2.18. The number of halogens is 2. The van der Waals surface area contributed by atoms with Gasteiger partial charge in [-0.2, -0.15) is 0 Å². The second-order valence-corrected chi connectivity index (χ2v) is 4.30. The molecule has 0 amide bonds. The van der Waals surface area contributed by atoms with E-state index in [4.69, 9.17) is 0 Å². The molecule has 20 heavy (non-hydrogen) atoms. The Kier molecular flexibility index (Phi) is 3.74. The lowest BCUT2D eigenvalue weighted by molar-refractivity contribution is 0.0587. The third kappa shape index (κ3) is 2.49. The average Bonchev–Trinajstić information content (AvgIpc) is 2.38. The summed E-state index contributed by atoms with van der Waals surface area (Å²) in [4.78, 5) is 19.3. The Hall–Kier alpha value is -2.37. The van der Waals surface area contributed by atoms with Crippen molar-refractivity contribution in [3.63, 3.8) is 0 Å². The van der Waals surface area contributed by atoms with Gasteiger partial charge in [0.05, 0.1) is 12.8 Å². The fraction of sp³-hybridized carbons (Fsp3) is 0.214. The van der Waals surface area contributed by atoms with Gasteiger partial charge in [0.2, 0.25) is 5.82 Å². The van der Waals surface area contributed by atoms with E-state index >= 15 is 0 Å². The number of carbonyl (C=O) groups is 1. The van der Waals surface area contributed by atoms with Crippen LogP contribution in [0.1, 0.15) is 21.7 Å². The van der Waals surface area contributed by atoms with Crippen molar-refractivity contribution < 1.29 is 18.3 Å². The van der Waals surface area contributed by atoms with Crippen LogP contribution >= 0.6 is 0 Å². The summed E-state index contributed by atoms with van der Waals surface area (Å²) in [6, 6.07) is 1.99.